The minimum Gasteiger partial charge on any atom is -0.252 e. The molecule has 0 radical (unpaired) electrons. The number of para-hydroxylation sites is 1. The maximum absolute atomic E-state index is 6.13. The standard InChI is InChI=1S/C11H5Cl2N3S/c12-7-3-1-2-6-9(7)15-11(16-10(6)13)8-4-14-5-17-8/h1-5H. The summed E-state index contributed by atoms with van der Waals surface area (Å²) in [6, 6.07) is 5.45. The summed E-state index contributed by atoms with van der Waals surface area (Å²) in [5, 5.41) is 1.73. The van der Waals surface area contributed by atoms with Gasteiger partial charge < -0.3 is 0 Å². The van der Waals surface area contributed by atoms with Crippen molar-refractivity contribution in [3.8, 4) is 10.7 Å². The van der Waals surface area contributed by atoms with Gasteiger partial charge in [0.1, 0.15) is 5.15 Å². The summed E-state index contributed by atoms with van der Waals surface area (Å²) in [6.45, 7) is 0. The van der Waals surface area contributed by atoms with Crippen molar-refractivity contribution < 1.29 is 0 Å². The summed E-state index contributed by atoms with van der Waals surface area (Å²) in [6.07, 6.45) is 1.71. The van der Waals surface area contributed by atoms with E-state index in [0.717, 1.165) is 10.3 Å². The van der Waals surface area contributed by atoms with Gasteiger partial charge in [0.25, 0.3) is 0 Å². The second kappa shape index (κ2) is 4.22. The lowest BCUT2D eigenvalue weighted by molar-refractivity contribution is 1.23. The minimum atomic E-state index is 0.404. The van der Waals surface area contributed by atoms with Gasteiger partial charge in [-0.3, -0.25) is 4.98 Å². The van der Waals surface area contributed by atoms with Crippen LogP contribution in [-0.4, -0.2) is 15.0 Å². The van der Waals surface area contributed by atoms with E-state index in [-0.39, 0.29) is 0 Å². The first-order chi connectivity index (χ1) is 8.25. The molecule has 0 unspecified atom stereocenters. The third-order valence-corrected chi connectivity index (χ3v) is 3.65. The van der Waals surface area contributed by atoms with Crippen molar-refractivity contribution in [1.29, 1.82) is 0 Å². The topological polar surface area (TPSA) is 38.7 Å². The Hall–Kier alpha value is -1.23. The highest BCUT2D eigenvalue weighted by Gasteiger charge is 2.10. The number of aromatic nitrogens is 3. The number of thiazole rings is 1. The summed E-state index contributed by atoms with van der Waals surface area (Å²) < 4.78 is 0. The van der Waals surface area contributed by atoms with Gasteiger partial charge >= 0.3 is 0 Å². The minimum absolute atomic E-state index is 0.404. The summed E-state index contributed by atoms with van der Waals surface area (Å²) in [5.74, 6) is 0.554. The van der Waals surface area contributed by atoms with Gasteiger partial charge in [-0.25, -0.2) is 9.97 Å². The predicted octanol–water partition coefficient (Wildman–Crippen LogP) is 4.06. The Morgan fingerprint density at radius 1 is 1.12 bits per heavy atom. The van der Waals surface area contributed by atoms with E-state index in [0.29, 0.717) is 21.5 Å². The van der Waals surface area contributed by atoms with Crippen LogP contribution in [0, 0.1) is 0 Å². The van der Waals surface area contributed by atoms with Crippen molar-refractivity contribution >= 4 is 45.4 Å². The van der Waals surface area contributed by atoms with Gasteiger partial charge in [0, 0.05) is 11.6 Å². The molecular weight excluding hydrogens is 277 g/mol. The molecule has 0 fully saturated rings. The Morgan fingerprint density at radius 2 is 2.00 bits per heavy atom. The summed E-state index contributed by atoms with van der Waals surface area (Å²) in [5.41, 5.74) is 2.39. The molecular formula is C11H5Cl2N3S. The molecule has 1 aromatic carbocycles. The maximum atomic E-state index is 6.13. The fourth-order valence-corrected chi connectivity index (χ4v) is 2.52. The number of rotatable bonds is 1. The number of fused-ring (bicyclic) bond motifs is 1. The Bertz CT molecular complexity index is 682. The van der Waals surface area contributed by atoms with Crippen molar-refractivity contribution in [2.45, 2.75) is 0 Å². The van der Waals surface area contributed by atoms with Crippen molar-refractivity contribution in [3.05, 3.63) is 40.1 Å². The van der Waals surface area contributed by atoms with Gasteiger partial charge in [-0.1, -0.05) is 29.3 Å². The van der Waals surface area contributed by atoms with Gasteiger partial charge in [-0.05, 0) is 12.1 Å². The van der Waals surface area contributed by atoms with Crippen LogP contribution in [0.1, 0.15) is 0 Å². The maximum Gasteiger partial charge on any atom is 0.173 e. The lowest BCUT2D eigenvalue weighted by atomic mass is 10.2. The zero-order valence-electron chi connectivity index (χ0n) is 8.39. The molecule has 0 N–H and O–H groups in total. The van der Waals surface area contributed by atoms with Crippen molar-refractivity contribution in [1.82, 2.24) is 15.0 Å². The van der Waals surface area contributed by atoms with Crippen LogP contribution in [0.4, 0.5) is 0 Å². The zero-order chi connectivity index (χ0) is 11.8. The third-order valence-electron chi connectivity index (χ3n) is 2.28. The van der Waals surface area contributed by atoms with Crippen LogP contribution in [0.3, 0.4) is 0 Å². The number of halogens is 2. The van der Waals surface area contributed by atoms with Gasteiger partial charge in [0.2, 0.25) is 0 Å². The lowest BCUT2D eigenvalue weighted by Gasteiger charge is -2.03. The van der Waals surface area contributed by atoms with Gasteiger partial charge in [0.05, 0.1) is 20.9 Å². The molecule has 0 amide bonds. The number of hydrogen-bond acceptors (Lipinski definition) is 4. The first-order valence-corrected chi connectivity index (χ1v) is 6.40. The molecule has 3 aromatic rings. The van der Waals surface area contributed by atoms with Crippen LogP contribution >= 0.6 is 34.5 Å². The second-order valence-corrected chi connectivity index (χ2v) is 4.99. The Balaban J connectivity index is 2.34. The molecule has 84 valence electrons. The van der Waals surface area contributed by atoms with E-state index in [1.165, 1.54) is 11.3 Å². The van der Waals surface area contributed by atoms with Crippen LogP contribution in [0.5, 0.6) is 0 Å². The van der Waals surface area contributed by atoms with E-state index in [2.05, 4.69) is 15.0 Å². The smallest absolute Gasteiger partial charge is 0.173 e. The molecule has 0 aliphatic carbocycles. The number of benzene rings is 1. The normalized spacial score (nSPS) is 10.9. The molecule has 0 bridgehead atoms. The average Bonchev–Trinajstić information content (AvgIpc) is 2.84. The van der Waals surface area contributed by atoms with Crippen LogP contribution in [0.25, 0.3) is 21.6 Å². The summed E-state index contributed by atoms with van der Waals surface area (Å²) >= 11 is 13.7. The quantitative estimate of drug-likeness (QED) is 0.632. The predicted molar refractivity (Wildman–Crippen MR) is 70.7 cm³/mol. The van der Waals surface area contributed by atoms with E-state index in [1.807, 2.05) is 12.1 Å². The molecule has 2 aromatic heterocycles. The van der Waals surface area contributed by atoms with Crippen molar-refractivity contribution in [3.63, 3.8) is 0 Å². The van der Waals surface area contributed by atoms with E-state index >= 15 is 0 Å². The van der Waals surface area contributed by atoms with E-state index in [1.54, 1.807) is 17.8 Å². The average molecular weight is 282 g/mol. The first-order valence-electron chi connectivity index (χ1n) is 4.76. The van der Waals surface area contributed by atoms with Crippen molar-refractivity contribution in [2.75, 3.05) is 0 Å². The molecule has 0 saturated heterocycles. The number of nitrogens with zero attached hydrogens (tertiary/aromatic N) is 3. The largest absolute Gasteiger partial charge is 0.252 e. The SMILES string of the molecule is Clc1nc(-c2cncs2)nc2c(Cl)cccc12. The van der Waals surface area contributed by atoms with Crippen LogP contribution < -0.4 is 0 Å². The fourth-order valence-electron chi connectivity index (χ4n) is 1.52. The Morgan fingerprint density at radius 3 is 2.76 bits per heavy atom. The van der Waals surface area contributed by atoms with Crippen LogP contribution in [0.2, 0.25) is 10.2 Å². The monoisotopic (exact) mass is 281 g/mol. The van der Waals surface area contributed by atoms with Crippen LogP contribution in [0.15, 0.2) is 29.9 Å². The first kappa shape index (κ1) is 10.9. The zero-order valence-corrected chi connectivity index (χ0v) is 10.7. The van der Waals surface area contributed by atoms with E-state index < -0.39 is 0 Å². The molecule has 0 saturated carbocycles. The molecule has 0 atom stereocenters. The van der Waals surface area contributed by atoms with Gasteiger partial charge in [0.15, 0.2) is 5.82 Å². The molecule has 2 heterocycles. The molecule has 0 aliphatic rings. The molecule has 0 aliphatic heterocycles. The third kappa shape index (κ3) is 1.88. The fraction of sp³-hybridized carbons (Fsp3) is 0. The summed E-state index contributed by atoms with van der Waals surface area (Å²) in [7, 11) is 0. The molecule has 17 heavy (non-hydrogen) atoms. The highest BCUT2D eigenvalue weighted by Crippen LogP contribution is 2.29. The van der Waals surface area contributed by atoms with Crippen LogP contribution in [-0.2, 0) is 0 Å². The Labute approximate surface area is 111 Å². The highest BCUT2D eigenvalue weighted by molar-refractivity contribution is 7.13. The highest BCUT2D eigenvalue weighted by atomic mass is 35.5. The Kier molecular flexibility index (Phi) is 2.70. The van der Waals surface area contributed by atoms with E-state index in [4.69, 9.17) is 23.2 Å². The van der Waals surface area contributed by atoms with Crippen molar-refractivity contribution in [2.24, 2.45) is 0 Å². The molecule has 3 nitrogen and oxygen atoms in total. The number of hydrogen-bond donors (Lipinski definition) is 0. The van der Waals surface area contributed by atoms with Gasteiger partial charge in [-0.15, -0.1) is 11.3 Å². The molecule has 3 rings (SSSR count). The second-order valence-electron chi connectivity index (χ2n) is 3.34. The summed E-state index contributed by atoms with van der Waals surface area (Å²) in [4.78, 5) is 13.5. The van der Waals surface area contributed by atoms with E-state index in [9.17, 15) is 0 Å². The molecule has 6 heteroatoms. The lowest BCUT2D eigenvalue weighted by Crippen LogP contribution is -1.90. The molecule has 0 spiro atoms. The van der Waals surface area contributed by atoms with Gasteiger partial charge in [-0.2, -0.15) is 0 Å².